The zero-order valence-electron chi connectivity index (χ0n) is 16.5. The lowest BCUT2D eigenvalue weighted by molar-refractivity contribution is -0.118. The van der Waals surface area contributed by atoms with Crippen molar-refractivity contribution in [3.63, 3.8) is 0 Å². The highest BCUT2D eigenvalue weighted by atomic mass is 16.3. The Morgan fingerprint density at radius 3 is 1.25 bits per heavy atom. The van der Waals surface area contributed by atoms with E-state index in [-0.39, 0.29) is 29.5 Å². The van der Waals surface area contributed by atoms with Crippen molar-refractivity contribution < 1.29 is 14.7 Å². The molecule has 0 amide bonds. The highest BCUT2D eigenvalue weighted by molar-refractivity contribution is 5.91. The largest absolute Gasteiger partial charge is 0.389 e. The summed E-state index contributed by atoms with van der Waals surface area (Å²) in [5.74, 6) is 0.965. The third-order valence-electron chi connectivity index (χ3n) is 4.07. The maximum Gasteiger partial charge on any atom is 0.157 e. The lowest BCUT2D eigenvalue weighted by Gasteiger charge is -2.10. The zero-order chi connectivity index (χ0) is 19.7. The lowest BCUT2D eigenvalue weighted by atomic mass is 10.0. The Balaban J connectivity index is -0.000000276. The average Bonchev–Trinajstić information content (AvgIpc) is 2.64. The van der Waals surface area contributed by atoms with Gasteiger partial charge in [-0.25, -0.2) is 0 Å². The number of hydrogen-bond acceptors (Lipinski definition) is 3. The summed E-state index contributed by atoms with van der Waals surface area (Å²) in [5.41, 5.74) is 0. The van der Waals surface area contributed by atoms with Crippen LogP contribution in [0.1, 0.15) is 60.8 Å². The highest BCUT2D eigenvalue weighted by Crippen LogP contribution is 2.06. The third-order valence-corrected chi connectivity index (χ3v) is 4.07. The molecular weight excluding hydrogens is 300 g/mol. The highest BCUT2D eigenvalue weighted by Gasteiger charge is 2.06. The van der Waals surface area contributed by atoms with Gasteiger partial charge in [0.05, 0.1) is 6.10 Å². The predicted octanol–water partition coefficient (Wildman–Crippen LogP) is 5.15. The topological polar surface area (TPSA) is 54.4 Å². The molecule has 0 heterocycles. The summed E-state index contributed by atoms with van der Waals surface area (Å²) in [6.45, 7) is 22.1. The summed E-state index contributed by atoms with van der Waals surface area (Å²) in [6.07, 6.45) is 6.85. The SMILES string of the molecule is C=CC(=O)[C@@H](C)CC.C=CC(=O)[C@@H](C)CC.C=CC(O)[C@@H](C)CC. The van der Waals surface area contributed by atoms with Gasteiger partial charge in [-0.05, 0) is 30.9 Å². The van der Waals surface area contributed by atoms with E-state index in [0.717, 1.165) is 19.3 Å². The molecule has 0 saturated carbocycles. The molecule has 0 saturated heterocycles. The fraction of sp³-hybridized carbons (Fsp3) is 0.619. The van der Waals surface area contributed by atoms with E-state index in [9.17, 15) is 9.59 Å². The van der Waals surface area contributed by atoms with Crippen molar-refractivity contribution in [3.05, 3.63) is 38.0 Å². The van der Waals surface area contributed by atoms with E-state index >= 15 is 0 Å². The van der Waals surface area contributed by atoms with Crippen molar-refractivity contribution >= 4 is 11.6 Å². The Morgan fingerprint density at radius 2 is 1.17 bits per heavy atom. The average molecular weight is 339 g/mol. The Hall–Kier alpha value is -1.48. The number of hydrogen-bond donors (Lipinski definition) is 1. The molecule has 4 atom stereocenters. The second-order valence-electron chi connectivity index (χ2n) is 5.94. The Labute approximate surface area is 149 Å². The van der Waals surface area contributed by atoms with Gasteiger partial charge >= 0.3 is 0 Å². The second-order valence-corrected chi connectivity index (χ2v) is 5.94. The fourth-order valence-electron chi connectivity index (χ4n) is 1.28. The molecule has 0 bridgehead atoms. The molecule has 0 rings (SSSR count). The van der Waals surface area contributed by atoms with Crippen LogP contribution < -0.4 is 0 Å². The first-order chi connectivity index (χ1) is 11.2. The van der Waals surface area contributed by atoms with Crippen LogP contribution in [0.25, 0.3) is 0 Å². The summed E-state index contributed by atoms with van der Waals surface area (Å²) < 4.78 is 0. The van der Waals surface area contributed by atoms with E-state index < -0.39 is 0 Å². The van der Waals surface area contributed by atoms with Gasteiger partial charge in [-0.15, -0.1) is 6.58 Å². The van der Waals surface area contributed by atoms with Crippen LogP contribution in [0.15, 0.2) is 38.0 Å². The number of carbonyl (C=O) groups excluding carboxylic acids is 2. The summed E-state index contributed by atoms with van der Waals surface area (Å²) in [4.78, 5) is 21.2. The van der Waals surface area contributed by atoms with Gasteiger partial charge in [-0.1, -0.05) is 67.2 Å². The fourth-order valence-corrected chi connectivity index (χ4v) is 1.28. The molecule has 0 aliphatic rings. The summed E-state index contributed by atoms with van der Waals surface area (Å²) in [5, 5.41) is 9.01. The van der Waals surface area contributed by atoms with Crippen LogP contribution >= 0.6 is 0 Å². The molecule has 1 N–H and O–H groups in total. The van der Waals surface area contributed by atoms with Crippen molar-refractivity contribution in [2.75, 3.05) is 0 Å². The molecule has 0 aromatic carbocycles. The minimum Gasteiger partial charge on any atom is -0.389 e. The molecule has 0 fully saturated rings. The van der Waals surface area contributed by atoms with Gasteiger partial charge in [0, 0.05) is 11.8 Å². The van der Waals surface area contributed by atoms with Crippen molar-refractivity contribution in [1.29, 1.82) is 0 Å². The van der Waals surface area contributed by atoms with Crippen molar-refractivity contribution in [3.8, 4) is 0 Å². The van der Waals surface area contributed by atoms with E-state index in [4.69, 9.17) is 5.11 Å². The molecule has 0 spiro atoms. The summed E-state index contributed by atoms with van der Waals surface area (Å²) >= 11 is 0. The van der Waals surface area contributed by atoms with Crippen molar-refractivity contribution in [1.82, 2.24) is 0 Å². The maximum atomic E-state index is 10.6. The molecule has 3 nitrogen and oxygen atoms in total. The van der Waals surface area contributed by atoms with Gasteiger partial charge < -0.3 is 5.11 Å². The van der Waals surface area contributed by atoms with Gasteiger partial charge in [0.1, 0.15) is 0 Å². The predicted molar refractivity (Wildman–Crippen MR) is 105 cm³/mol. The minimum absolute atomic E-state index is 0.146. The number of carbonyl (C=O) groups is 2. The number of ketones is 2. The molecule has 0 aliphatic carbocycles. The van der Waals surface area contributed by atoms with Crippen molar-refractivity contribution in [2.24, 2.45) is 17.8 Å². The molecule has 0 radical (unpaired) electrons. The first-order valence-corrected chi connectivity index (χ1v) is 8.79. The summed E-state index contributed by atoms with van der Waals surface area (Å²) in [7, 11) is 0. The number of rotatable bonds is 9. The molecular formula is C21H38O3. The molecule has 0 aromatic rings. The summed E-state index contributed by atoms with van der Waals surface area (Å²) in [6, 6.07) is 0. The van der Waals surface area contributed by atoms with E-state index in [1.54, 1.807) is 6.08 Å². The Kier molecular flexibility index (Phi) is 20.4. The number of aliphatic hydroxyl groups is 1. The van der Waals surface area contributed by atoms with Crippen LogP contribution in [0.3, 0.4) is 0 Å². The molecule has 0 aliphatic heterocycles. The van der Waals surface area contributed by atoms with E-state index in [0.29, 0.717) is 5.92 Å². The quantitative estimate of drug-likeness (QED) is 0.467. The molecule has 3 heteroatoms. The van der Waals surface area contributed by atoms with Crippen LogP contribution in [0.5, 0.6) is 0 Å². The minimum atomic E-state index is -0.319. The van der Waals surface area contributed by atoms with Crippen LogP contribution in [0, 0.1) is 17.8 Å². The Bertz CT molecular complexity index is 345. The monoisotopic (exact) mass is 338 g/mol. The number of aliphatic hydroxyl groups excluding tert-OH is 1. The third kappa shape index (κ3) is 15.4. The van der Waals surface area contributed by atoms with Crippen LogP contribution in [-0.2, 0) is 9.59 Å². The van der Waals surface area contributed by atoms with Gasteiger partial charge in [0.2, 0.25) is 0 Å². The van der Waals surface area contributed by atoms with Gasteiger partial charge in [0.25, 0.3) is 0 Å². The molecule has 140 valence electrons. The standard InChI is InChI=1S/C7H14O.2C7H12O/c3*1-4-6(3)7(8)5-2/h5-8H,2,4H2,1,3H3;2*5-6H,2,4H2,1,3H3/t6-,7?;2*6-/m000/s1. The van der Waals surface area contributed by atoms with Crippen LogP contribution in [-0.4, -0.2) is 22.8 Å². The second kappa shape index (κ2) is 17.9. The van der Waals surface area contributed by atoms with Gasteiger partial charge in [-0.2, -0.15) is 0 Å². The van der Waals surface area contributed by atoms with Crippen LogP contribution in [0.2, 0.25) is 0 Å². The van der Waals surface area contributed by atoms with Gasteiger partial charge in [0.15, 0.2) is 11.6 Å². The van der Waals surface area contributed by atoms with Crippen molar-refractivity contribution in [2.45, 2.75) is 66.9 Å². The van der Waals surface area contributed by atoms with E-state index in [1.807, 2.05) is 34.6 Å². The van der Waals surface area contributed by atoms with Gasteiger partial charge in [-0.3, -0.25) is 9.59 Å². The van der Waals surface area contributed by atoms with E-state index in [1.165, 1.54) is 12.2 Å². The first kappa shape index (κ1) is 27.4. The number of allylic oxidation sites excluding steroid dienone is 2. The smallest absolute Gasteiger partial charge is 0.157 e. The lowest BCUT2D eigenvalue weighted by Crippen LogP contribution is -2.12. The van der Waals surface area contributed by atoms with Crippen LogP contribution in [0.4, 0.5) is 0 Å². The maximum absolute atomic E-state index is 10.6. The molecule has 24 heavy (non-hydrogen) atoms. The Morgan fingerprint density at radius 1 is 0.833 bits per heavy atom. The zero-order valence-corrected chi connectivity index (χ0v) is 16.5. The molecule has 1 unspecified atom stereocenters. The molecule has 0 aromatic heterocycles. The first-order valence-electron chi connectivity index (χ1n) is 8.79. The normalized spacial score (nSPS) is 14.3. The van der Waals surface area contributed by atoms with E-state index in [2.05, 4.69) is 26.7 Å².